The molecule has 2 aliphatic rings. The van der Waals surface area contributed by atoms with Crippen LogP contribution < -0.4 is 16.2 Å². The SMILES string of the molecule is CCn1cc2c(Cl)c(-c3c[nH]c4nc(N5[C@@H]6CC[C@H]5C[C@@H](N)C6)n(C)c(=O)c34)ccc2n1. The lowest BCUT2D eigenvalue weighted by Gasteiger charge is -2.38. The number of rotatable bonds is 3. The molecule has 0 radical (unpaired) electrons. The van der Waals surface area contributed by atoms with E-state index in [1.807, 2.05) is 43.2 Å². The van der Waals surface area contributed by atoms with Crippen LogP contribution in [0.15, 0.2) is 29.3 Å². The van der Waals surface area contributed by atoms with Gasteiger partial charge in [0.25, 0.3) is 5.56 Å². The van der Waals surface area contributed by atoms with Gasteiger partial charge in [0.1, 0.15) is 5.65 Å². The van der Waals surface area contributed by atoms with Crippen molar-refractivity contribution in [2.24, 2.45) is 12.8 Å². The number of benzene rings is 1. The first-order chi connectivity index (χ1) is 15.5. The molecule has 3 atom stereocenters. The molecule has 166 valence electrons. The molecule has 9 heteroatoms. The molecular formula is C23H26ClN7O. The number of aryl methyl sites for hydroxylation is 1. The van der Waals surface area contributed by atoms with Crippen LogP contribution in [0.4, 0.5) is 5.95 Å². The maximum Gasteiger partial charge on any atom is 0.264 e. The number of anilines is 1. The second-order valence-corrected chi connectivity index (χ2v) is 9.45. The average Bonchev–Trinajstić information content (AvgIpc) is 3.46. The van der Waals surface area contributed by atoms with Gasteiger partial charge >= 0.3 is 0 Å². The summed E-state index contributed by atoms with van der Waals surface area (Å²) in [5.41, 5.74) is 9.17. The molecule has 0 saturated carbocycles. The molecule has 3 N–H and O–H groups in total. The highest BCUT2D eigenvalue weighted by Gasteiger charge is 2.41. The van der Waals surface area contributed by atoms with Crippen LogP contribution >= 0.6 is 11.6 Å². The predicted molar refractivity (Wildman–Crippen MR) is 127 cm³/mol. The van der Waals surface area contributed by atoms with Gasteiger partial charge in [0.15, 0.2) is 0 Å². The highest BCUT2D eigenvalue weighted by Crippen LogP contribution is 2.39. The van der Waals surface area contributed by atoms with Crippen LogP contribution in [0.5, 0.6) is 0 Å². The number of hydrogen-bond acceptors (Lipinski definition) is 5. The zero-order chi connectivity index (χ0) is 22.1. The van der Waals surface area contributed by atoms with Crippen molar-refractivity contribution in [3.63, 3.8) is 0 Å². The van der Waals surface area contributed by atoms with Gasteiger partial charge in [0, 0.05) is 60.6 Å². The summed E-state index contributed by atoms with van der Waals surface area (Å²) in [6, 6.07) is 4.81. The van der Waals surface area contributed by atoms with Gasteiger partial charge in [0.2, 0.25) is 5.95 Å². The molecule has 0 aliphatic carbocycles. The maximum absolute atomic E-state index is 13.6. The van der Waals surface area contributed by atoms with Crippen molar-refractivity contribution in [2.45, 2.75) is 57.3 Å². The van der Waals surface area contributed by atoms with E-state index < -0.39 is 0 Å². The monoisotopic (exact) mass is 451 g/mol. The molecule has 0 unspecified atom stereocenters. The number of nitrogens with two attached hydrogens (primary N) is 1. The predicted octanol–water partition coefficient (Wildman–Crippen LogP) is 3.41. The largest absolute Gasteiger partial charge is 0.345 e. The smallest absolute Gasteiger partial charge is 0.264 e. The molecule has 2 aliphatic heterocycles. The Bertz CT molecular complexity index is 1400. The second-order valence-electron chi connectivity index (χ2n) is 9.07. The molecule has 5 heterocycles. The summed E-state index contributed by atoms with van der Waals surface area (Å²) in [5.74, 6) is 0.723. The van der Waals surface area contributed by atoms with E-state index in [-0.39, 0.29) is 11.6 Å². The van der Waals surface area contributed by atoms with Crippen LogP contribution in [0.3, 0.4) is 0 Å². The first kappa shape index (κ1) is 19.8. The van der Waals surface area contributed by atoms with Crippen LogP contribution in [-0.2, 0) is 13.6 Å². The Kier molecular flexibility index (Phi) is 4.39. The Morgan fingerprint density at radius 3 is 2.69 bits per heavy atom. The van der Waals surface area contributed by atoms with Crippen molar-refractivity contribution in [3.05, 3.63) is 39.9 Å². The van der Waals surface area contributed by atoms with Crippen molar-refractivity contribution in [1.29, 1.82) is 0 Å². The number of nitrogens with one attached hydrogen (secondary N) is 1. The number of aromatic amines is 1. The fourth-order valence-corrected chi connectivity index (χ4v) is 5.93. The van der Waals surface area contributed by atoms with Gasteiger partial charge in [-0.2, -0.15) is 10.1 Å². The Hall–Kier alpha value is -2.84. The van der Waals surface area contributed by atoms with E-state index in [0.717, 1.165) is 60.2 Å². The number of fused-ring (bicyclic) bond motifs is 4. The van der Waals surface area contributed by atoms with Gasteiger partial charge in [-0.1, -0.05) is 17.7 Å². The van der Waals surface area contributed by atoms with Crippen LogP contribution in [-0.4, -0.2) is 42.4 Å². The minimum atomic E-state index is -0.0732. The maximum atomic E-state index is 13.6. The van der Waals surface area contributed by atoms with E-state index in [0.29, 0.717) is 28.1 Å². The van der Waals surface area contributed by atoms with Crippen molar-refractivity contribution in [1.82, 2.24) is 24.3 Å². The Morgan fingerprint density at radius 1 is 1.22 bits per heavy atom. The summed E-state index contributed by atoms with van der Waals surface area (Å²) in [7, 11) is 1.81. The van der Waals surface area contributed by atoms with Gasteiger partial charge in [-0.25, -0.2) is 0 Å². The van der Waals surface area contributed by atoms with Crippen molar-refractivity contribution < 1.29 is 0 Å². The fraction of sp³-hybridized carbons (Fsp3) is 0.435. The molecule has 8 nitrogen and oxygen atoms in total. The third kappa shape index (κ3) is 2.75. The summed E-state index contributed by atoms with van der Waals surface area (Å²) in [6.45, 7) is 2.81. The molecular weight excluding hydrogens is 426 g/mol. The van der Waals surface area contributed by atoms with Crippen molar-refractivity contribution >= 4 is 39.5 Å². The molecule has 3 aromatic heterocycles. The lowest BCUT2D eigenvalue weighted by molar-refractivity contribution is 0.405. The van der Waals surface area contributed by atoms with Gasteiger partial charge in [-0.3, -0.25) is 14.0 Å². The summed E-state index contributed by atoms with van der Waals surface area (Å²) in [6.07, 6.45) is 7.87. The Morgan fingerprint density at radius 2 is 1.97 bits per heavy atom. The topological polar surface area (TPSA) is 97.8 Å². The second kappa shape index (κ2) is 7.08. The van der Waals surface area contributed by atoms with E-state index in [2.05, 4.69) is 15.0 Å². The summed E-state index contributed by atoms with van der Waals surface area (Å²) >= 11 is 6.79. The zero-order valence-corrected chi connectivity index (χ0v) is 18.9. The Balaban J connectivity index is 1.50. The van der Waals surface area contributed by atoms with E-state index in [1.165, 1.54) is 0 Å². The quantitative estimate of drug-likeness (QED) is 0.497. The minimum absolute atomic E-state index is 0.0732. The molecule has 0 amide bonds. The van der Waals surface area contributed by atoms with Gasteiger partial charge < -0.3 is 15.6 Å². The van der Waals surface area contributed by atoms with Gasteiger partial charge in [-0.05, 0) is 38.7 Å². The third-order valence-corrected chi connectivity index (χ3v) is 7.58. The first-order valence-corrected chi connectivity index (χ1v) is 11.6. The molecule has 6 rings (SSSR count). The normalized spacial score (nSPS) is 23.0. The van der Waals surface area contributed by atoms with E-state index in [4.69, 9.17) is 22.3 Å². The van der Waals surface area contributed by atoms with E-state index in [9.17, 15) is 4.79 Å². The van der Waals surface area contributed by atoms with Gasteiger partial charge in [0.05, 0.1) is 15.9 Å². The number of halogens is 1. The molecule has 1 aromatic carbocycles. The molecule has 2 fully saturated rings. The van der Waals surface area contributed by atoms with E-state index >= 15 is 0 Å². The molecule has 0 spiro atoms. The highest BCUT2D eigenvalue weighted by atomic mass is 35.5. The first-order valence-electron chi connectivity index (χ1n) is 11.2. The molecule has 2 saturated heterocycles. The number of hydrogen-bond donors (Lipinski definition) is 2. The average molecular weight is 452 g/mol. The minimum Gasteiger partial charge on any atom is -0.345 e. The van der Waals surface area contributed by atoms with E-state index in [1.54, 1.807) is 4.57 Å². The summed E-state index contributed by atoms with van der Waals surface area (Å²) in [5, 5.41) is 6.56. The van der Waals surface area contributed by atoms with Crippen molar-refractivity contribution in [2.75, 3.05) is 4.90 Å². The molecule has 4 aromatic rings. The Labute approximate surface area is 190 Å². The number of piperidine rings is 1. The van der Waals surface area contributed by atoms with Gasteiger partial charge in [-0.15, -0.1) is 0 Å². The fourth-order valence-electron chi connectivity index (χ4n) is 5.62. The number of nitrogens with zero attached hydrogens (tertiary/aromatic N) is 5. The van der Waals surface area contributed by atoms with Crippen LogP contribution in [0.2, 0.25) is 5.02 Å². The molecule has 2 bridgehead atoms. The lowest BCUT2D eigenvalue weighted by Crippen LogP contribution is -2.49. The third-order valence-electron chi connectivity index (χ3n) is 7.18. The zero-order valence-electron chi connectivity index (χ0n) is 18.2. The van der Waals surface area contributed by atoms with Crippen LogP contribution in [0.25, 0.3) is 33.1 Å². The standard InChI is InChI=1S/C23H26ClN7O/c1-3-30-11-17-18(28-30)7-6-15(20(17)24)16-10-26-21-19(16)22(32)29(2)23(27-21)31-13-4-5-14(31)9-12(25)8-13/h6-7,10-14,26H,3-5,8-9,25H2,1-2H3/t12-,13+,14-. The highest BCUT2D eigenvalue weighted by molar-refractivity contribution is 6.38. The molecule has 32 heavy (non-hydrogen) atoms. The van der Waals surface area contributed by atoms with Crippen LogP contribution in [0.1, 0.15) is 32.6 Å². The lowest BCUT2D eigenvalue weighted by atomic mass is 9.98. The summed E-state index contributed by atoms with van der Waals surface area (Å²) in [4.78, 5) is 24.0. The summed E-state index contributed by atoms with van der Waals surface area (Å²) < 4.78 is 3.55. The van der Waals surface area contributed by atoms with Crippen LogP contribution in [0, 0.1) is 0 Å². The number of H-pyrrole nitrogens is 1. The number of aromatic nitrogens is 5. The van der Waals surface area contributed by atoms with Crippen molar-refractivity contribution in [3.8, 4) is 11.1 Å².